The van der Waals surface area contributed by atoms with Gasteiger partial charge < -0.3 is 9.47 Å². The molecule has 1 fully saturated rings. The second-order valence-electron chi connectivity index (χ2n) is 7.44. The number of likely N-dealkylation sites (N-methyl/N-ethyl adjacent to an activating group) is 1. The third-order valence-corrected chi connectivity index (χ3v) is 5.97. The number of anilines is 1. The molecule has 2 aromatic rings. The van der Waals surface area contributed by atoms with Gasteiger partial charge in [0.15, 0.2) is 16.6 Å². The highest BCUT2D eigenvalue weighted by atomic mass is 79.9. The zero-order valence-corrected chi connectivity index (χ0v) is 21.9. The topological polar surface area (TPSA) is 59.1 Å². The van der Waals surface area contributed by atoms with Gasteiger partial charge in [-0.05, 0) is 104 Å². The molecule has 0 unspecified atom stereocenters. The average molecular weight is 552 g/mol. The molecule has 6 nitrogen and oxygen atoms in total. The van der Waals surface area contributed by atoms with E-state index in [1.54, 1.807) is 49.4 Å². The lowest BCUT2D eigenvalue weighted by Crippen LogP contribution is -2.56. The molecule has 0 spiro atoms. The van der Waals surface area contributed by atoms with Gasteiger partial charge in [-0.15, -0.1) is 0 Å². The average Bonchev–Trinajstić information content (AvgIpc) is 2.75. The van der Waals surface area contributed by atoms with Crippen LogP contribution in [0.3, 0.4) is 0 Å². The van der Waals surface area contributed by atoms with E-state index in [0.29, 0.717) is 45.4 Å². The molecule has 0 aromatic heterocycles. The van der Waals surface area contributed by atoms with Gasteiger partial charge in [-0.2, -0.15) is 0 Å². The molecule has 1 saturated heterocycles. The maximum atomic E-state index is 13.4. The van der Waals surface area contributed by atoms with Crippen molar-refractivity contribution in [2.24, 2.45) is 0 Å². The number of amides is 2. The van der Waals surface area contributed by atoms with Crippen molar-refractivity contribution >= 4 is 68.4 Å². The summed E-state index contributed by atoms with van der Waals surface area (Å²) in [4.78, 5) is 29.3. The van der Waals surface area contributed by atoms with Crippen molar-refractivity contribution in [2.75, 3.05) is 18.1 Å². The van der Waals surface area contributed by atoms with Gasteiger partial charge in [-0.3, -0.25) is 19.4 Å². The van der Waals surface area contributed by atoms with Gasteiger partial charge in [0.2, 0.25) is 0 Å². The molecule has 0 saturated carbocycles. The summed E-state index contributed by atoms with van der Waals surface area (Å²) in [5.41, 5.74) is 1.13. The first-order chi connectivity index (χ1) is 15.7. The fourth-order valence-electron chi connectivity index (χ4n) is 3.32. The molecule has 9 heteroatoms. The van der Waals surface area contributed by atoms with E-state index >= 15 is 0 Å². The van der Waals surface area contributed by atoms with Gasteiger partial charge in [-0.1, -0.05) is 11.6 Å². The van der Waals surface area contributed by atoms with E-state index in [-0.39, 0.29) is 16.8 Å². The standard InChI is InChI=1S/C24H24BrClN2O4S/c1-5-27-22(29)18(23(30)28(24(27)33)17-9-7-16(26)8-10-17)11-15-12-19(25)21(32-14(3)4)20(13-15)31-6-2/h7-14H,5-6H2,1-4H3/b18-11+. The Kier molecular flexibility index (Phi) is 8.15. The Bertz CT molecular complexity index is 1120. The lowest BCUT2D eigenvalue weighted by atomic mass is 10.1. The Hall–Kier alpha value is -2.42. The number of hydrogen-bond acceptors (Lipinski definition) is 5. The summed E-state index contributed by atoms with van der Waals surface area (Å²) in [6, 6.07) is 10.2. The molecular formula is C24H24BrClN2O4S. The van der Waals surface area contributed by atoms with E-state index in [4.69, 9.17) is 33.3 Å². The number of ether oxygens (including phenoxy) is 2. The molecule has 1 aliphatic heterocycles. The van der Waals surface area contributed by atoms with Gasteiger partial charge >= 0.3 is 0 Å². The molecule has 1 heterocycles. The minimum absolute atomic E-state index is 0.00715. The van der Waals surface area contributed by atoms with E-state index < -0.39 is 11.8 Å². The molecule has 2 aromatic carbocycles. The van der Waals surface area contributed by atoms with Crippen LogP contribution in [0.5, 0.6) is 11.5 Å². The Morgan fingerprint density at radius 2 is 1.79 bits per heavy atom. The zero-order chi connectivity index (χ0) is 24.3. The van der Waals surface area contributed by atoms with Crippen LogP contribution in [-0.4, -0.2) is 41.1 Å². The number of thiocarbonyl (C=S) groups is 1. The number of hydrogen-bond donors (Lipinski definition) is 0. The Morgan fingerprint density at radius 1 is 1.12 bits per heavy atom. The minimum atomic E-state index is -0.506. The number of benzene rings is 2. The predicted molar refractivity (Wildman–Crippen MR) is 138 cm³/mol. The molecule has 2 amide bonds. The van der Waals surface area contributed by atoms with E-state index in [1.165, 1.54) is 9.80 Å². The highest BCUT2D eigenvalue weighted by Gasteiger charge is 2.39. The fourth-order valence-corrected chi connectivity index (χ4v) is 4.40. The van der Waals surface area contributed by atoms with Crippen molar-refractivity contribution in [3.8, 4) is 11.5 Å². The molecule has 0 aliphatic carbocycles. The molecule has 1 aliphatic rings. The highest BCUT2D eigenvalue weighted by molar-refractivity contribution is 9.10. The number of rotatable bonds is 7. The third-order valence-electron chi connectivity index (χ3n) is 4.73. The van der Waals surface area contributed by atoms with Gasteiger partial charge in [0.05, 0.1) is 22.9 Å². The lowest BCUT2D eigenvalue weighted by Gasteiger charge is -2.36. The maximum absolute atomic E-state index is 13.4. The SMILES string of the molecule is CCOc1cc(/C=C2\C(=O)N(CC)C(=S)N(c3ccc(Cl)cc3)C2=O)cc(Br)c1OC(C)C. The summed E-state index contributed by atoms with van der Waals surface area (Å²) in [7, 11) is 0. The summed E-state index contributed by atoms with van der Waals surface area (Å²) < 4.78 is 12.3. The number of nitrogens with zero attached hydrogens (tertiary/aromatic N) is 2. The summed E-state index contributed by atoms with van der Waals surface area (Å²) in [5.74, 6) is 0.123. The first-order valence-electron chi connectivity index (χ1n) is 10.5. The van der Waals surface area contributed by atoms with Crippen LogP contribution in [0, 0.1) is 0 Å². The molecule has 0 radical (unpaired) electrons. The molecule has 0 N–H and O–H groups in total. The van der Waals surface area contributed by atoms with Crippen molar-refractivity contribution in [3.63, 3.8) is 0 Å². The highest BCUT2D eigenvalue weighted by Crippen LogP contribution is 2.38. The number of carbonyl (C=O) groups excluding carboxylic acids is 2. The summed E-state index contributed by atoms with van der Waals surface area (Å²) >= 11 is 15.0. The number of carbonyl (C=O) groups is 2. The quantitative estimate of drug-likeness (QED) is 0.245. The van der Waals surface area contributed by atoms with Crippen LogP contribution in [0.25, 0.3) is 6.08 Å². The van der Waals surface area contributed by atoms with E-state index in [2.05, 4.69) is 15.9 Å². The van der Waals surface area contributed by atoms with Crippen LogP contribution in [0.2, 0.25) is 5.02 Å². The summed E-state index contributed by atoms with van der Waals surface area (Å²) in [5, 5.41) is 0.661. The van der Waals surface area contributed by atoms with E-state index in [9.17, 15) is 9.59 Å². The van der Waals surface area contributed by atoms with Crippen LogP contribution < -0.4 is 14.4 Å². The third kappa shape index (κ3) is 5.39. The van der Waals surface area contributed by atoms with Gasteiger partial charge in [-0.25, -0.2) is 0 Å². The predicted octanol–water partition coefficient (Wildman–Crippen LogP) is 5.85. The Morgan fingerprint density at radius 3 is 2.36 bits per heavy atom. The molecule has 0 atom stereocenters. The van der Waals surface area contributed by atoms with Crippen molar-refractivity contribution in [1.82, 2.24) is 4.90 Å². The largest absolute Gasteiger partial charge is 0.490 e. The van der Waals surface area contributed by atoms with Crippen LogP contribution in [-0.2, 0) is 9.59 Å². The molecular weight excluding hydrogens is 528 g/mol. The van der Waals surface area contributed by atoms with E-state index in [1.807, 2.05) is 20.8 Å². The van der Waals surface area contributed by atoms with Crippen molar-refractivity contribution in [3.05, 3.63) is 57.0 Å². The van der Waals surface area contributed by atoms with Crippen molar-refractivity contribution < 1.29 is 19.1 Å². The Labute approximate surface area is 212 Å². The second-order valence-corrected chi connectivity index (χ2v) is 9.09. The van der Waals surface area contributed by atoms with Crippen LogP contribution in [0.4, 0.5) is 5.69 Å². The molecule has 3 rings (SSSR count). The van der Waals surface area contributed by atoms with Crippen LogP contribution in [0.15, 0.2) is 46.4 Å². The molecule has 33 heavy (non-hydrogen) atoms. The molecule has 0 bridgehead atoms. The summed E-state index contributed by atoms with van der Waals surface area (Å²) in [6.45, 7) is 8.27. The zero-order valence-electron chi connectivity index (χ0n) is 18.7. The monoisotopic (exact) mass is 550 g/mol. The smallest absolute Gasteiger partial charge is 0.270 e. The van der Waals surface area contributed by atoms with Gasteiger partial charge in [0, 0.05) is 11.6 Å². The van der Waals surface area contributed by atoms with Crippen molar-refractivity contribution in [2.45, 2.75) is 33.8 Å². The number of halogens is 2. The fraction of sp³-hybridized carbons (Fsp3) is 0.292. The normalized spacial score (nSPS) is 15.6. The minimum Gasteiger partial charge on any atom is -0.490 e. The van der Waals surface area contributed by atoms with Gasteiger partial charge in [0.1, 0.15) is 5.57 Å². The van der Waals surface area contributed by atoms with Crippen molar-refractivity contribution in [1.29, 1.82) is 0 Å². The van der Waals surface area contributed by atoms with E-state index in [0.717, 1.165) is 0 Å². The maximum Gasteiger partial charge on any atom is 0.270 e. The van der Waals surface area contributed by atoms with Crippen LogP contribution in [0.1, 0.15) is 33.3 Å². The lowest BCUT2D eigenvalue weighted by molar-refractivity contribution is -0.127. The first-order valence-corrected chi connectivity index (χ1v) is 12.1. The van der Waals surface area contributed by atoms with Gasteiger partial charge in [0.25, 0.3) is 11.8 Å². The Balaban J connectivity index is 2.10. The first kappa shape index (κ1) is 25.2. The van der Waals surface area contributed by atoms with Crippen LogP contribution >= 0.6 is 39.7 Å². The summed E-state index contributed by atoms with van der Waals surface area (Å²) in [6.07, 6.45) is 1.49. The second kappa shape index (κ2) is 10.7. The molecule has 174 valence electrons.